The fraction of sp³-hybridized carbons (Fsp3) is 0.159. The van der Waals surface area contributed by atoms with E-state index >= 15 is 0 Å². The summed E-state index contributed by atoms with van der Waals surface area (Å²) in [5, 5.41) is 4.07. The van der Waals surface area contributed by atoms with Crippen molar-refractivity contribution in [3.8, 4) is 66.8 Å². The molecule has 9 aromatic rings. The average Bonchev–Trinajstić information content (AvgIpc) is 3.58. The second kappa shape index (κ2) is 26.2. The largest absolute Gasteiger partial charge is 4.00 e. The Bertz CT molecular complexity index is 2950. The fourth-order valence-corrected chi connectivity index (χ4v) is 12.7. The van der Waals surface area contributed by atoms with Crippen LogP contribution in [0.4, 0.5) is 0 Å². The molecule has 1 atom stereocenters. The van der Waals surface area contributed by atoms with Crippen molar-refractivity contribution in [3.05, 3.63) is 256 Å². The molecule has 0 heterocycles. The second-order valence-corrected chi connectivity index (χ2v) is 22.3. The molecular weight excluding hydrogens is 1010 g/mol. The smallest absolute Gasteiger partial charge is 1.00 e. The normalized spacial score (nSPS) is 12.6. The Labute approximate surface area is 477 Å². The molecule has 1 radical (unpaired) electrons. The van der Waals surface area contributed by atoms with E-state index in [1.165, 1.54) is 132 Å². The van der Waals surface area contributed by atoms with Gasteiger partial charge in [0, 0.05) is 0 Å². The summed E-state index contributed by atoms with van der Waals surface area (Å²) in [6.07, 6.45) is 3.36. The molecule has 0 saturated heterocycles. The van der Waals surface area contributed by atoms with Crippen LogP contribution >= 0.6 is 0 Å². The minimum absolute atomic E-state index is 0. The molecule has 0 aliphatic heterocycles. The maximum Gasteiger partial charge on any atom is 4.00 e. The first-order chi connectivity index (χ1) is 33.7. The number of hydrogen-bond acceptors (Lipinski definition) is 0. The molecule has 9 aromatic carbocycles. The van der Waals surface area contributed by atoms with Gasteiger partial charge in [0.15, 0.2) is 8.80 Å². The fourth-order valence-electron chi connectivity index (χ4n) is 9.93. The van der Waals surface area contributed by atoms with Gasteiger partial charge < -0.3 is 37.2 Å². The van der Waals surface area contributed by atoms with E-state index in [4.69, 9.17) is 0 Å². The van der Waals surface area contributed by atoms with Crippen LogP contribution < -0.4 is 52.8 Å². The molecule has 0 aromatic heterocycles. The maximum atomic E-state index is 3.36. The van der Waals surface area contributed by atoms with Crippen LogP contribution in [0.2, 0.25) is 0 Å². The molecule has 74 heavy (non-hydrogen) atoms. The van der Waals surface area contributed by atoms with Crippen molar-refractivity contribution in [3.63, 3.8) is 0 Å². The van der Waals surface area contributed by atoms with E-state index in [0.717, 1.165) is 0 Å². The zero-order valence-corrected chi connectivity index (χ0v) is 49.1. The van der Waals surface area contributed by atoms with Crippen molar-refractivity contribution < 1.29 is 58.9 Å². The third-order valence-electron chi connectivity index (χ3n) is 14.0. The van der Waals surface area contributed by atoms with Crippen LogP contribution in [0.25, 0.3) is 66.8 Å². The molecule has 0 bridgehead atoms. The summed E-state index contributed by atoms with van der Waals surface area (Å²) < 4.78 is 0. The Morgan fingerprint density at radius 1 is 0.297 bits per heavy atom. The van der Waals surface area contributed by atoms with E-state index in [0.29, 0.717) is 5.92 Å². The van der Waals surface area contributed by atoms with Crippen LogP contribution in [-0.2, 0) is 21.7 Å². The van der Waals surface area contributed by atoms with Gasteiger partial charge in [0.25, 0.3) is 0 Å². The molecule has 1 aliphatic carbocycles. The van der Waals surface area contributed by atoms with Crippen LogP contribution in [0.1, 0.15) is 61.1 Å². The van der Waals surface area contributed by atoms with Crippen molar-refractivity contribution in [1.82, 2.24) is 0 Å². The minimum Gasteiger partial charge on any atom is -1.00 e. The summed E-state index contributed by atoms with van der Waals surface area (Å²) in [5.41, 5.74) is 26.6. The molecule has 1 aliphatic rings. The number of halogens is 3. The third kappa shape index (κ3) is 13.9. The Hall–Kier alpha value is -5.74. The van der Waals surface area contributed by atoms with Crippen LogP contribution in [0, 0.1) is 53.5 Å². The predicted octanol–water partition coefficient (Wildman–Crippen LogP) is 7.79. The van der Waals surface area contributed by atoms with Gasteiger partial charge in [-0.15, -0.1) is 6.92 Å². The van der Waals surface area contributed by atoms with Crippen molar-refractivity contribution in [2.75, 3.05) is 0 Å². The standard InChI is InChI=1S/C60H51Si.C9H13.3ClH.Ti/c1-40-13-7-19-46(25-40)52-31-53(47-20-8-14-41(2)26-47)35-58(34-52)61(59-36-54(48-21-9-15-42(3)27-48)32-55(37-59)49-22-10-16-43(4)28-49)60-38-56(50-23-11-17-44(5)29-50)33-57(39-60)51-24-12-18-45(6)30-51;1-6-5-7(2)9(4)8(6)3;;;;/h7-39H,1-6H3;6H,1-4H3;3*1H;/q;-1;;;;+4/p-3. The third-order valence-corrected chi connectivity index (χ3v) is 16.6. The Morgan fingerprint density at radius 3 is 0.662 bits per heavy atom. The molecule has 0 saturated carbocycles. The van der Waals surface area contributed by atoms with Gasteiger partial charge in [-0.2, -0.15) is 11.1 Å². The molecule has 10 rings (SSSR count). The van der Waals surface area contributed by atoms with Gasteiger partial charge in [0.2, 0.25) is 0 Å². The van der Waals surface area contributed by atoms with Crippen molar-refractivity contribution in [2.45, 2.75) is 69.2 Å². The summed E-state index contributed by atoms with van der Waals surface area (Å²) in [5.74, 6) is 0.560. The second-order valence-electron chi connectivity index (χ2n) is 19.8. The summed E-state index contributed by atoms with van der Waals surface area (Å²) in [7, 11) is -1.71. The van der Waals surface area contributed by atoms with Gasteiger partial charge >= 0.3 is 21.7 Å². The van der Waals surface area contributed by atoms with E-state index in [1.807, 2.05) is 0 Å². The van der Waals surface area contributed by atoms with Gasteiger partial charge in [-0.3, -0.25) is 6.08 Å². The van der Waals surface area contributed by atoms with Gasteiger partial charge in [-0.1, -0.05) is 242 Å². The first-order valence-electron chi connectivity index (χ1n) is 24.8. The first kappa shape index (κ1) is 59.1. The number of aryl methyl sites for hydroxylation is 6. The van der Waals surface area contributed by atoms with Gasteiger partial charge in [0.05, 0.1) is 0 Å². The summed E-state index contributed by atoms with van der Waals surface area (Å²) >= 11 is 0. The number of hydrogen-bond donors (Lipinski definition) is 0. The van der Waals surface area contributed by atoms with E-state index in [2.05, 4.69) is 276 Å². The van der Waals surface area contributed by atoms with Crippen LogP contribution in [0.15, 0.2) is 217 Å². The summed E-state index contributed by atoms with van der Waals surface area (Å²) in [6, 6.07) is 76.0. The minimum atomic E-state index is -1.71. The molecule has 0 spiro atoms. The SMILES string of the molecule is CC1=[C-]C(C)C(C)=C1C.Cc1cccc(-c2cc(-c3cccc(C)c3)cc([Si](c3cc(-c4cccc(C)c4)cc(-c4cccc(C)c4)c3)c3cc(-c4cccc(C)c4)cc(-c4cccc(C)c4)c3)c2)c1.[Cl-].[Cl-].[Cl-].[Ti+4]. The number of rotatable bonds is 9. The van der Waals surface area contributed by atoms with Crippen molar-refractivity contribution in [1.29, 1.82) is 0 Å². The number of allylic oxidation sites excluding steroid dienone is 4. The molecule has 0 N–H and O–H groups in total. The molecule has 1 unspecified atom stereocenters. The molecule has 369 valence electrons. The summed E-state index contributed by atoms with van der Waals surface area (Å²) in [4.78, 5) is 0. The van der Waals surface area contributed by atoms with E-state index in [1.54, 1.807) is 0 Å². The van der Waals surface area contributed by atoms with Crippen LogP contribution in [-0.4, -0.2) is 8.80 Å². The Kier molecular flexibility index (Phi) is 20.9. The first-order valence-corrected chi connectivity index (χ1v) is 26.3. The van der Waals surface area contributed by atoms with Gasteiger partial charge in [-0.25, -0.2) is 5.57 Å². The van der Waals surface area contributed by atoms with E-state index < -0.39 is 8.80 Å². The monoisotopic (exact) mass is 1070 g/mol. The molecular formula is C69H64Cl3SiTi. The van der Waals surface area contributed by atoms with Gasteiger partial charge in [-0.05, 0) is 142 Å². The Balaban J connectivity index is 0.000000708. The van der Waals surface area contributed by atoms with Crippen molar-refractivity contribution in [2.24, 2.45) is 5.92 Å². The molecule has 0 fully saturated rings. The average molecular weight is 1080 g/mol. The molecule has 0 amide bonds. The van der Waals surface area contributed by atoms with Crippen LogP contribution in [0.3, 0.4) is 0 Å². The zero-order valence-electron chi connectivity index (χ0n) is 44.3. The molecule has 0 nitrogen and oxygen atoms in total. The topological polar surface area (TPSA) is 0 Å². The Morgan fingerprint density at radius 2 is 0.514 bits per heavy atom. The summed E-state index contributed by atoms with van der Waals surface area (Å²) in [6.45, 7) is 21.8. The maximum absolute atomic E-state index is 3.36. The quantitative estimate of drug-likeness (QED) is 0.0788. The number of benzene rings is 9. The van der Waals surface area contributed by atoms with Gasteiger partial charge in [0.1, 0.15) is 0 Å². The van der Waals surface area contributed by atoms with Crippen LogP contribution in [0.5, 0.6) is 0 Å². The molecule has 5 heteroatoms. The van der Waals surface area contributed by atoms with Crippen molar-refractivity contribution >= 4 is 24.4 Å². The van der Waals surface area contributed by atoms with E-state index in [9.17, 15) is 0 Å². The predicted molar refractivity (Wildman–Crippen MR) is 305 cm³/mol. The zero-order chi connectivity index (χ0) is 49.1. The van der Waals surface area contributed by atoms with E-state index in [-0.39, 0.29) is 58.9 Å².